The van der Waals surface area contributed by atoms with E-state index in [1.165, 1.54) is 0 Å². The molecule has 0 aliphatic carbocycles. The maximum atomic E-state index is 6.23. The average molecular weight is 277 g/mol. The van der Waals surface area contributed by atoms with E-state index in [-0.39, 0.29) is 0 Å². The fraction of sp³-hybridized carbons (Fsp3) is 0.0714. The van der Waals surface area contributed by atoms with Gasteiger partial charge in [-0.15, -0.1) is 0 Å². The van der Waals surface area contributed by atoms with Gasteiger partial charge in [-0.05, 0) is 24.3 Å². The lowest BCUT2D eigenvalue weighted by molar-refractivity contribution is 0.959. The first-order valence-electron chi connectivity index (χ1n) is 5.54. The molecule has 0 saturated heterocycles. The van der Waals surface area contributed by atoms with Crippen LogP contribution < -0.4 is 0 Å². The lowest BCUT2D eigenvalue weighted by atomic mass is 10.2. The van der Waals surface area contributed by atoms with Crippen LogP contribution in [-0.2, 0) is 7.05 Å². The Bertz CT molecular complexity index is 711. The Hall–Kier alpha value is -1.51. The Kier molecular flexibility index (Phi) is 2.77. The molecule has 0 radical (unpaired) electrons. The van der Waals surface area contributed by atoms with Crippen molar-refractivity contribution < 1.29 is 0 Å². The van der Waals surface area contributed by atoms with E-state index in [1.807, 2.05) is 54.1 Å². The first kappa shape index (κ1) is 11.6. The van der Waals surface area contributed by atoms with Gasteiger partial charge in [0, 0.05) is 7.05 Å². The molecule has 0 unspecified atom stereocenters. The first-order chi connectivity index (χ1) is 8.68. The van der Waals surface area contributed by atoms with Crippen molar-refractivity contribution in [2.75, 3.05) is 0 Å². The van der Waals surface area contributed by atoms with Crippen molar-refractivity contribution in [2.45, 2.75) is 0 Å². The number of para-hydroxylation sites is 2. The third kappa shape index (κ3) is 1.69. The van der Waals surface area contributed by atoms with Crippen LogP contribution in [0, 0.1) is 0 Å². The maximum Gasteiger partial charge on any atom is 0.143 e. The fourth-order valence-corrected chi connectivity index (χ4v) is 2.65. The Morgan fingerprint density at radius 1 is 0.944 bits per heavy atom. The zero-order valence-corrected chi connectivity index (χ0v) is 11.2. The summed E-state index contributed by atoms with van der Waals surface area (Å²) in [6.45, 7) is 0. The van der Waals surface area contributed by atoms with Gasteiger partial charge in [-0.3, -0.25) is 0 Å². The Morgan fingerprint density at radius 3 is 2.28 bits per heavy atom. The number of fused-ring (bicyclic) bond motifs is 1. The number of nitrogens with zero attached hydrogens (tertiary/aromatic N) is 2. The predicted molar refractivity (Wildman–Crippen MR) is 76.2 cm³/mol. The molecule has 4 heteroatoms. The molecule has 0 aliphatic heterocycles. The van der Waals surface area contributed by atoms with E-state index < -0.39 is 0 Å². The zero-order chi connectivity index (χ0) is 12.7. The van der Waals surface area contributed by atoms with E-state index in [1.54, 1.807) is 0 Å². The number of halogens is 2. The molecule has 2 nitrogen and oxygen atoms in total. The van der Waals surface area contributed by atoms with Crippen molar-refractivity contribution in [3.8, 4) is 11.4 Å². The number of aromatic nitrogens is 2. The second-order valence-electron chi connectivity index (χ2n) is 4.08. The highest BCUT2D eigenvalue weighted by Gasteiger charge is 2.15. The molecule has 90 valence electrons. The zero-order valence-electron chi connectivity index (χ0n) is 9.69. The molecule has 0 N–H and O–H groups in total. The number of rotatable bonds is 1. The van der Waals surface area contributed by atoms with Gasteiger partial charge in [-0.1, -0.05) is 41.4 Å². The van der Waals surface area contributed by atoms with Crippen LogP contribution in [0.15, 0.2) is 42.5 Å². The van der Waals surface area contributed by atoms with Crippen LogP contribution in [0.25, 0.3) is 22.4 Å². The largest absolute Gasteiger partial charge is 0.327 e. The molecule has 18 heavy (non-hydrogen) atoms. The van der Waals surface area contributed by atoms with E-state index in [0.717, 1.165) is 22.4 Å². The van der Waals surface area contributed by atoms with Gasteiger partial charge in [-0.2, -0.15) is 0 Å². The van der Waals surface area contributed by atoms with Crippen LogP contribution >= 0.6 is 23.2 Å². The van der Waals surface area contributed by atoms with E-state index in [2.05, 4.69) is 4.98 Å². The maximum absolute atomic E-state index is 6.23. The van der Waals surface area contributed by atoms with E-state index >= 15 is 0 Å². The highest BCUT2D eigenvalue weighted by atomic mass is 35.5. The molecule has 0 aliphatic rings. The molecule has 0 amide bonds. The quantitative estimate of drug-likeness (QED) is 0.638. The van der Waals surface area contributed by atoms with Gasteiger partial charge in [0.15, 0.2) is 0 Å². The highest BCUT2D eigenvalue weighted by molar-refractivity contribution is 6.39. The molecule has 3 aromatic rings. The van der Waals surface area contributed by atoms with Crippen LogP contribution in [-0.4, -0.2) is 9.55 Å². The third-order valence-corrected chi connectivity index (χ3v) is 3.60. The number of aryl methyl sites for hydroxylation is 1. The molecule has 0 spiro atoms. The van der Waals surface area contributed by atoms with E-state index in [9.17, 15) is 0 Å². The Balaban J connectivity index is 2.36. The molecule has 0 fully saturated rings. The summed E-state index contributed by atoms with van der Waals surface area (Å²) in [7, 11) is 1.96. The molecule has 0 saturated carbocycles. The summed E-state index contributed by atoms with van der Waals surface area (Å²) in [4.78, 5) is 4.60. The average Bonchev–Trinajstić information content (AvgIpc) is 2.68. The summed E-state index contributed by atoms with van der Waals surface area (Å²) in [6, 6.07) is 13.4. The molecule has 0 bridgehead atoms. The van der Waals surface area contributed by atoms with Crippen molar-refractivity contribution in [2.24, 2.45) is 7.05 Å². The summed E-state index contributed by atoms with van der Waals surface area (Å²) >= 11 is 12.5. The molecule has 0 atom stereocenters. The van der Waals surface area contributed by atoms with Crippen LogP contribution in [0.3, 0.4) is 0 Å². The SMILES string of the molecule is Cn1c(-c2c(Cl)cccc2Cl)nc2ccccc21. The van der Waals surface area contributed by atoms with Crippen molar-refractivity contribution >= 4 is 34.2 Å². The van der Waals surface area contributed by atoms with Gasteiger partial charge in [0.25, 0.3) is 0 Å². The smallest absolute Gasteiger partial charge is 0.143 e. The third-order valence-electron chi connectivity index (χ3n) is 2.97. The molecule has 1 heterocycles. The van der Waals surface area contributed by atoms with E-state index in [0.29, 0.717) is 10.0 Å². The first-order valence-corrected chi connectivity index (χ1v) is 6.30. The summed E-state index contributed by atoms with van der Waals surface area (Å²) in [5, 5.41) is 1.22. The number of benzene rings is 2. The lowest BCUT2D eigenvalue weighted by Crippen LogP contribution is -1.93. The van der Waals surface area contributed by atoms with Gasteiger partial charge in [-0.25, -0.2) is 4.98 Å². The summed E-state index contributed by atoms with van der Waals surface area (Å²) < 4.78 is 2.00. The van der Waals surface area contributed by atoms with Crippen molar-refractivity contribution in [1.29, 1.82) is 0 Å². The Morgan fingerprint density at radius 2 is 1.61 bits per heavy atom. The van der Waals surface area contributed by atoms with Gasteiger partial charge in [0.1, 0.15) is 5.82 Å². The molecule has 3 rings (SSSR count). The van der Waals surface area contributed by atoms with Crippen molar-refractivity contribution in [3.63, 3.8) is 0 Å². The molecular weight excluding hydrogens is 267 g/mol. The second kappa shape index (κ2) is 4.30. The minimum Gasteiger partial charge on any atom is -0.327 e. The standard InChI is InChI=1S/C14H10Cl2N2/c1-18-12-8-3-2-7-11(12)17-14(18)13-9(15)5-4-6-10(13)16/h2-8H,1H3. The fourth-order valence-electron chi connectivity index (χ4n) is 2.08. The lowest BCUT2D eigenvalue weighted by Gasteiger charge is -2.06. The number of hydrogen-bond donors (Lipinski definition) is 0. The second-order valence-corrected chi connectivity index (χ2v) is 4.89. The highest BCUT2D eigenvalue weighted by Crippen LogP contribution is 2.35. The van der Waals surface area contributed by atoms with Crippen LogP contribution in [0.2, 0.25) is 10.0 Å². The predicted octanol–water partition coefficient (Wildman–Crippen LogP) is 4.55. The van der Waals surface area contributed by atoms with Gasteiger partial charge >= 0.3 is 0 Å². The summed E-state index contributed by atoms with van der Waals surface area (Å²) in [5.74, 6) is 0.784. The minimum absolute atomic E-state index is 0.612. The van der Waals surface area contributed by atoms with Gasteiger partial charge in [0.2, 0.25) is 0 Å². The molecule has 2 aromatic carbocycles. The summed E-state index contributed by atoms with van der Waals surface area (Å²) in [5.41, 5.74) is 2.77. The minimum atomic E-state index is 0.612. The number of imidazole rings is 1. The van der Waals surface area contributed by atoms with Gasteiger partial charge < -0.3 is 4.57 Å². The van der Waals surface area contributed by atoms with Gasteiger partial charge in [0.05, 0.1) is 26.6 Å². The van der Waals surface area contributed by atoms with Crippen molar-refractivity contribution in [3.05, 3.63) is 52.5 Å². The van der Waals surface area contributed by atoms with Crippen LogP contribution in [0.4, 0.5) is 0 Å². The van der Waals surface area contributed by atoms with Crippen LogP contribution in [0.1, 0.15) is 0 Å². The summed E-state index contributed by atoms with van der Waals surface area (Å²) in [6.07, 6.45) is 0. The van der Waals surface area contributed by atoms with Crippen molar-refractivity contribution in [1.82, 2.24) is 9.55 Å². The monoisotopic (exact) mass is 276 g/mol. The topological polar surface area (TPSA) is 17.8 Å². The van der Waals surface area contributed by atoms with Crippen LogP contribution in [0.5, 0.6) is 0 Å². The molecule has 1 aromatic heterocycles. The normalized spacial score (nSPS) is 11.1. The number of hydrogen-bond acceptors (Lipinski definition) is 1. The Labute approximate surface area is 115 Å². The van der Waals surface area contributed by atoms with E-state index in [4.69, 9.17) is 23.2 Å². The molecular formula is C14H10Cl2N2.